The first-order chi connectivity index (χ1) is 14.7. The minimum atomic E-state index is -0.614. The molecule has 9 heteroatoms. The Balaban J connectivity index is 1.25. The van der Waals surface area contributed by atoms with E-state index in [1.807, 2.05) is 6.07 Å². The van der Waals surface area contributed by atoms with Crippen LogP contribution in [0.5, 0.6) is 6.01 Å². The molecule has 2 saturated heterocycles. The number of imidazole rings is 1. The number of fused-ring (bicyclic) bond motifs is 3. The molecule has 2 aromatic heterocycles. The Morgan fingerprint density at radius 1 is 1.13 bits per heavy atom. The average molecular weight is 429 g/mol. The molecule has 4 atom stereocenters. The molecular formula is C21H21ClN4O4. The molecule has 3 aliphatic rings. The summed E-state index contributed by atoms with van der Waals surface area (Å²) < 4.78 is 17.2. The van der Waals surface area contributed by atoms with Crippen molar-refractivity contribution in [3.05, 3.63) is 46.5 Å². The van der Waals surface area contributed by atoms with E-state index in [1.165, 1.54) is 11.1 Å². The summed E-state index contributed by atoms with van der Waals surface area (Å²) in [7, 11) is 0. The number of hydrogen-bond acceptors (Lipinski definition) is 7. The number of H-pyrrole nitrogens is 1. The zero-order valence-corrected chi connectivity index (χ0v) is 16.9. The quantitative estimate of drug-likeness (QED) is 0.659. The number of hydrogen-bond donors (Lipinski definition) is 2. The fourth-order valence-electron chi connectivity index (χ4n) is 4.53. The van der Waals surface area contributed by atoms with Crippen LogP contribution in [0.1, 0.15) is 11.1 Å². The van der Waals surface area contributed by atoms with Gasteiger partial charge >= 0.3 is 0 Å². The lowest BCUT2D eigenvalue weighted by Gasteiger charge is -2.30. The molecule has 0 unspecified atom stereocenters. The van der Waals surface area contributed by atoms with Crippen LogP contribution >= 0.6 is 11.6 Å². The number of ether oxygens (including phenoxy) is 3. The number of benzene rings is 1. The molecule has 156 valence electrons. The Labute approximate surface area is 177 Å². The van der Waals surface area contributed by atoms with Gasteiger partial charge in [-0.2, -0.15) is 4.98 Å². The van der Waals surface area contributed by atoms with Gasteiger partial charge in [-0.1, -0.05) is 35.9 Å². The third-order valence-corrected chi connectivity index (χ3v) is 6.34. The van der Waals surface area contributed by atoms with E-state index in [0.29, 0.717) is 28.8 Å². The van der Waals surface area contributed by atoms with Crippen molar-refractivity contribution in [3.8, 4) is 6.01 Å². The molecule has 0 radical (unpaired) electrons. The summed E-state index contributed by atoms with van der Waals surface area (Å²) in [6, 6.07) is 10.6. The summed E-state index contributed by atoms with van der Waals surface area (Å²) in [5, 5.41) is 10.5. The number of aliphatic hydroxyl groups is 1. The normalized spacial score (nSPS) is 28.0. The first-order valence-electron chi connectivity index (χ1n) is 10.1. The molecule has 5 heterocycles. The van der Waals surface area contributed by atoms with Crippen LogP contribution < -0.4 is 9.64 Å². The third kappa shape index (κ3) is 3.02. The minimum absolute atomic E-state index is 0.259. The van der Waals surface area contributed by atoms with Crippen molar-refractivity contribution < 1.29 is 19.3 Å². The maximum absolute atomic E-state index is 9.89. The monoisotopic (exact) mass is 428 g/mol. The molecule has 2 N–H and O–H groups in total. The molecule has 8 nitrogen and oxygen atoms in total. The van der Waals surface area contributed by atoms with Crippen LogP contribution in [0.15, 0.2) is 30.3 Å². The van der Waals surface area contributed by atoms with Crippen LogP contribution in [0.4, 0.5) is 5.82 Å². The van der Waals surface area contributed by atoms with Crippen molar-refractivity contribution in [2.45, 2.75) is 37.4 Å². The van der Waals surface area contributed by atoms with E-state index in [2.05, 4.69) is 39.1 Å². The largest absolute Gasteiger partial charge is 0.456 e. The molecule has 3 aromatic rings. The third-order valence-electron chi connectivity index (χ3n) is 6.06. The predicted octanol–water partition coefficient (Wildman–Crippen LogP) is 2.08. The Bertz CT molecular complexity index is 1110. The smallest absolute Gasteiger partial charge is 0.296 e. The molecule has 6 rings (SSSR count). The zero-order valence-electron chi connectivity index (χ0n) is 16.1. The van der Waals surface area contributed by atoms with Crippen LogP contribution in [0.25, 0.3) is 11.2 Å². The fraction of sp³-hybridized carbons (Fsp3) is 0.429. The van der Waals surface area contributed by atoms with Crippen LogP contribution in [0.2, 0.25) is 5.02 Å². The Kier molecular flexibility index (Phi) is 4.35. The van der Waals surface area contributed by atoms with Gasteiger partial charge in [0.2, 0.25) is 0 Å². The fourth-order valence-corrected chi connectivity index (χ4v) is 4.80. The number of pyridine rings is 1. The Morgan fingerprint density at radius 2 is 1.97 bits per heavy atom. The lowest BCUT2D eigenvalue weighted by atomic mass is 10.00. The summed E-state index contributed by atoms with van der Waals surface area (Å²) in [5.74, 6) is 0.725. The molecule has 3 aliphatic heterocycles. The van der Waals surface area contributed by atoms with E-state index in [9.17, 15) is 5.11 Å². The number of aliphatic hydroxyl groups excluding tert-OH is 1. The van der Waals surface area contributed by atoms with Crippen molar-refractivity contribution in [2.75, 3.05) is 24.7 Å². The molecule has 2 fully saturated rings. The van der Waals surface area contributed by atoms with Gasteiger partial charge in [-0.05, 0) is 23.6 Å². The minimum Gasteiger partial charge on any atom is -0.456 e. The molecule has 0 saturated carbocycles. The average Bonchev–Trinajstić information content (AvgIpc) is 3.44. The Morgan fingerprint density at radius 3 is 2.87 bits per heavy atom. The number of nitrogens with one attached hydrogen (secondary N) is 1. The molecule has 0 amide bonds. The van der Waals surface area contributed by atoms with E-state index in [-0.39, 0.29) is 24.9 Å². The van der Waals surface area contributed by atoms with Crippen molar-refractivity contribution >= 4 is 28.6 Å². The zero-order chi connectivity index (χ0) is 20.2. The first kappa shape index (κ1) is 18.4. The van der Waals surface area contributed by atoms with Gasteiger partial charge in [-0.3, -0.25) is 0 Å². The van der Waals surface area contributed by atoms with E-state index in [4.69, 9.17) is 30.8 Å². The van der Waals surface area contributed by atoms with Gasteiger partial charge in [0.1, 0.15) is 24.1 Å². The molecule has 30 heavy (non-hydrogen) atoms. The van der Waals surface area contributed by atoms with E-state index < -0.39 is 6.10 Å². The molecule has 0 spiro atoms. The number of anilines is 1. The summed E-state index contributed by atoms with van der Waals surface area (Å²) in [5.41, 5.74) is 3.92. The van der Waals surface area contributed by atoms with Gasteiger partial charge in [0.05, 0.1) is 23.8 Å². The second kappa shape index (κ2) is 7.09. The highest BCUT2D eigenvalue weighted by Gasteiger charge is 2.48. The molecule has 0 aliphatic carbocycles. The number of nitrogens with zero attached hydrogens (tertiary/aromatic N) is 3. The van der Waals surface area contributed by atoms with Crippen LogP contribution in [-0.2, 0) is 22.4 Å². The highest BCUT2D eigenvalue weighted by molar-refractivity contribution is 6.33. The molecule has 1 aromatic carbocycles. The van der Waals surface area contributed by atoms with Crippen molar-refractivity contribution in [1.29, 1.82) is 0 Å². The van der Waals surface area contributed by atoms with Gasteiger partial charge in [0.25, 0.3) is 6.01 Å². The second-order valence-corrected chi connectivity index (χ2v) is 8.37. The lowest BCUT2D eigenvalue weighted by Crippen LogP contribution is -2.34. The van der Waals surface area contributed by atoms with Crippen LogP contribution in [0.3, 0.4) is 0 Å². The second-order valence-electron chi connectivity index (χ2n) is 7.97. The predicted molar refractivity (Wildman–Crippen MR) is 110 cm³/mol. The maximum atomic E-state index is 9.89. The maximum Gasteiger partial charge on any atom is 0.296 e. The lowest BCUT2D eigenvalue weighted by molar-refractivity contribution is 0.00706. The van der Waals surface area contributed by atoms with Crippen LogP contribution in [-0.4, -0.2) is 64.2 Å². The van der Waals surface area contributed by atoms with Crippen molar-refractivity contribution in [1.82, 2.24) is 15.0 Å². The Hall–Kier alpha value is -2.39. The van der Waals surface area contributed by atoms with Crippen molar-refractivity contribution in [3.63, 3.8) is 0 Å². The number of aromatic nitrogens is 3. The molecule has 0 bridgehead atoms. The van der Waals surface area contributed by atoms with E-state index in [1.54, 1.807) is 0 Å². The number of halogens is 1. The van der Waals surface area contributed by atoms with E-state index >= 15 is 0 Å². The van der Waals surface area contributed by atoms with Gasteiger partial charge in [-0.25, -0.2) is 4.98 Å². The number of rotatable bonds is 3. The molecular weight excluding hydrogens is 408 g/mol. The van der Waals surface area contributed by atoms with Gasteiger partial charge in [0, 0.05) is 13.1 Å². The van der Waals surface area contributed by atoms with Crippen LogP contribution in [0, 0.1) is 0 Å². The highest BCUT2D eigenvalue weighted by atomic mass is 35.5. The van der Waals surface area contributed by atoms with Gasteiger partial charge in [-0.15, -0.1) is 0 Å². The van der Waals surface area contributed by atoms with Crippen molar-refractivity contribution in [2.24, 2.45) is 0 Å². The first-order valence-corrected chi connectivity index (χ1v) is 10.5. The SMILES string of the molecule is O[C@@H]1CO[C@H]2[C@@H]1OC[C@H]2Oc1nc2nc(N3CCc4ccccc4C3)c(Cl)cc2[nH]1. The topological polar surface area (TPSA) is 92.7 Å². The highest BCUT2D eigenvalue weighted by Crippen LogP contribution is 2.33. The van der Waals surface area contributed by atoms with E-state index in [0.717, 1.165) is 25.3 Å². The number of aromatic amines is 1. The van der Waals surface area contributed by atoms with Gasteiger partial charge in [0.15, 0.2) is 11.8 Å². The van der Waals surface area contributed by atoms with Gasteiger partial charge < -0.3 is 29.2 Å². The summed E-state index contributed by atoms with van der Waals surface area (Å²) in [4.78, 5) is 14.5. The summed E-state index contributed by atoms with van der Waals surface area (Å²) in [6.07, 6.45) is -0.635. The standard InChI is InChI=1S/C21H21ClN4O4/c22-13-7-14-19(24-20(13)26-6-5-11-3-1-2-4-12(11)8-26)25-21(23-14)30-16-10-29-17-15(27)9-28-18(16)17/h1-4,7,15-18,27H,5-6,8-10H2,(H,23,24,25)/t15-,16-,17-,18-/m1/s1. The summed E-state index contributed by atoms with van der Waals surface area (Å²) >= 11 is 6.57. The summed E-state index contributed by atoms with van der Waals surface area (Å²) in [6.45, 7) is 2.22.